The minimum atomic E-state index is -0.397. The van der Waals surface area contributed by atoms with Crippen LogP contribution in [0.25, 0.3) is 0 Å². The Morgan fingerprint density at radius 1 is 1.00 bits per heavy atom. The molecule has 0 saturated carbocycles. The van der Waals surface area contributed by atoms with Crippen molar-refractivity contribution in [1.82, 2.24) is 15.0 Å². The molecule has 0 aliphatic rings. The fraction of sp³-hybridized carbons (Fsp3) is 0.111. The molecule has 2 heterocycles. The highest BCUT2D eigenvalue weighted by Crippen LogP contribution is 2.25. The molecule has 0 aliphatic heterocycles. The molecule has 0 radical (unpaired) electrons. The Morgan fingerprint density at radius 2 is 1.73 bits per heavy atom. The van der Waals surface area contributed by atoms with Crippen LogP contribution >= 0.6 is 23.2 Å². The number of nitrogens with one attached hydrogen (secondary N) is 2. The first-order valence-electron chi connectivity index (χ1n) is 7.73. The minimum Gasteiger partial charge on any atom is -0.325 e. The highest BCUT2D eigenvalue weighted by molar-refractivity contribution is 6.40. The standard InChI is InChI=1S/C18H15Cl2N5O/c1-10-8-16(23-11(2)22-10)25-15-9-12(6-7-21-15)24-18(26)17-13(19)4-3-5-14(17)20/h3-9H,1-2H3,(H2,21,22,23,24,25,26). The van der Waals surface area contributed by atoms with Gasteiger partial charge in [-0.05, 0) is 32.0 Å². The highest BCUT2D eigenvalue weighted by Gasteiger charge is 2.15. The lowest BCUT2D eigenvalue weighted by atomic mass is 10.2. The first-order chi connectivity index (χ1) is 12.4. The third kappa shape index (κ3) is 4.28. The van der Waals surface area contributed by atoms with Crippen molar-refractivity contribution >= 4 is 46.4 Å². The Morgan fingerprint density at radius 3 is 2.42 bits per heavy atom. The molecule has 132 valence electrons. The Hall–Kier alpha value is -2.70. The lowest BCUT2D eigenvalue weighted by Gasteiger charge is -2.10. The molecule has 0 bridgehead atoms. The van der Waals surface area contributed by atoms with Crippen LogP contribution in [0.5, 0.6) is 0 Å². The van der Waals surface area contributed by atoms with Crippen molar-refractivity contribution in [2.45, 2.75) is 13.8 Å². The second-order valence-electron chi connectivity index (χ2n) is 5.55. The van der Waals surface area contributed by atoms with E-state index in [0.717, 1.165) is 5.69 Å². The zero-order valence-corrected chi connectivity index (χ0v) is 15.6. The molecule has 0 unspecified atom stereocenters. The summed E-state index contributed by atoms with van der Waals surface area (Å²) >= 11 is 12.1. The van der Waals surface area contributed by atoms with Gasteiger partial charge in [0.05, 0.1) is 15.6 Å². The first-order valence-corrected chi connectivity index (χ1v) is 8.48. The normalized spacial score (nSPS) is 10.5. The van der Waals surface area contributed by atoms with Crippen molar-refractivity contribution in [1.29, 1.82) is 0 Å². The Bertz CT molecular complexity index is 937. The van der Waals surface area contributed by atoms with E-state index in [2.05, 4.69) is 25.6 Å². The molecule has 1 amide bonds. The molecule has 3 rings (SSSR count). The number of anilines is 3. The van der Waals surface area contributed by atoms with E-state index in [1.807, 2.05) is 19.9 Å². The zero-order chi connectivity index (χ0) is 18.7. The molecule has 8 heteroatoms. The molecule has 1 aromatic carbocycles. The molecule has 26 heavy (non-hydrogen) atoms. The Labute approximate surface area is 160 Å². The molecule has 0 aliphatic carbocycles. The summed E-state index contributed by atoms with van der Waals surface area (Å²) in [5.74, 6) is 1.42. The van der Waals surface area contributed by atoms with Crippen LogP contribution in [0.1, 0.15) is 21.9 Å². The summed E-state index contributed by atoms with van der Waals surface area (Å²) in [6, 6.07) is 10.1. The molecule has 0 fully saturated rings. The van der Waals surface area contributed by atoms with Gasteiger partial charge in [0.15, 0.2) is 0 Å². The van der Waals surface area contributed by atoms with Gasteiger partial charge >= 0.3 is 0 Å². The maximum atomic E-state index is 12.5. The number of aryl methyl sites for hydroxylation is 2. The Kier molecular flexibility index (Phi) is 5.35. The summed E-state index contributed by atoms with van der Waals surface area (Å²) in [6.45, 7) is 3.70. The van der Waals surface area contributed by atoms with E-state index in [-0.39, 0.29) is 15.6 Å². The van der Waals surface area contributed by atoms with Gasteiger partial charge in [0.25, 0.3) is 5.91 Å². The largest absolute Gasteiger partial charge is 0.325 e. The van der Waals surface area contributed by atoms with E-state index >= 15 is 0 Å². The molecular formula is C18H15Cl2N5O. The highest BCUT2D eigenvalue weighted by atomic mass is 35.5. The van der Waals surface area contributed by atoms with Gasteiger partial charge in [-0.15, -0.1) is 0 Å². The van der Waals surface area contributed by atoms with Crippen molar-refractivity contribution in [3.05, 3.63) is 69.7 Å². The monoisotopic (exact) mass is 387 g/mol. The van der Waals surface area contributed by atoms with Crippen molar-refractivity contribution < 1.29 is 4.79 Å². The molecule has 0 saturated heterocycles. The van der Waals surface area contributed by atoms with Gasteiger partial charge in [-0.3, -0.25) is 4.79 Å². The summed E-state index contributed by atoms with van der Waals surface area (Å²) < 4.78 is 0. The van der Waals surface area contributed by atoms with E-state index in [4.69, 9.17) is 23.2 Å². The van der Waals surface area contributed by atoms with E-state index in [1.54, 1.807) is 36.5 Å². The lowest BCUT2D eigenvalue weighted by molar-refractivity contribution is 0.102. The third-order valence-corrected chi connectivity index (χ3v) is 4.06. The summed E-state index contributed by atoms with van der Waals surface area (Å²) in [4.78, 5) is 25.2. The average molecular weight is 388 g/mol. The number of halogens is 2. The van der Waals surface area contributed by atoms with E-state index in [1.165, 1.54) is 0 Å². The number of pyridine rings is 1. The molecule has 3 aromatic rings. The molecule has 2 aromatic heterocycles. The van der Waals surface area contributed by atoms with Crippen molar-refractivity contribution in [2.75, 3.05) is 10.6 Å². The number of hydrogen-bond donors (Lipinski definition) is 2. The van der Waals surface area contributed by atoms with Gasteiger partial charge in [0, 0.05) is 29.7 Å². The quantitative estimate of drug-likeness (QED) is 0.672. The van der Waals surface area contributed by atoms with Crippen LogP contribution in [-0.4, -0.2) is 20.9 Å². The van der Waals surface area contributed by atoms with Gasteiger partial charge < -0.3 is 10.6 Å². The minimum absolute atomic E-state index is 0.226. The van der Waals surface area contributed by atoms with Crippen LogP contribution < -0.4 is 10.6 Å². The number of carbonyl (C=O) groups excluding carboxylic acids is 1. The number of aromatic nitrogens is 3. The maximum Gasteiger partial charge on any atom is 0.258 e. The smallest absolute Gasteiger partial charge is 0.258 e. The van der Waals surface area contributed by atoms with Crippen LogP contribution in [0.4, 0.5) is 17.3 Å². The second kappa shape index (κ2) is 7.68. The number of hydrogen-bond acceptors (Lipinski definition) is 5. The zero-order valence-electron chi connectivity index (χ0n) is 14.0. The fourth-order valence-corrected chi connectivity index (χ4v) is 2.97. The number of nitrogens with zero attached hydrogens (tertiary/aromatic N) is 3. The number of benzene rings is 1. The Balaban J connectivity index is 1.80. The van der Waals surface area contributed by atoms with Crippen LogP contribution in [0.3, 0.4) is 0 Å². The topological polar surface area (TPSA) is 79.8 Å². The van der Waals surface area contributed by atoms with E-state index in [9.17, 15) is 4.79 Å². The molecule has 2 N–H and O–H groups in total. The lowest BCUT2D eigenvalue weighted by Crippen LogP contribution is -2.13. The average Bonchev–Trinajstić information content (AvgIpc) is 2.54. The van der Waals surface area contributed by atoms with Gasteiger partial charge in [0.1, 0.15) is 17.5 Å². The summed E-state index contributed by atoms with van der Waals surface area (Å²) in [7, 11) is 0. The number of carbonyl (C=O) groups is 1. The van der Waals surface area contributed by atoms with Crippen molar-refractivity contribution in [3.63, 3.8) is 0 Å². The van der Waals surface area contributed by atoms with Crippen molar-refractivity contribution in [2.24, 2.45) is 0 Å². The predicted octanol–water partition coefficient (Wildman–Crippen LogP) is 4.79. The van der Waals surface area contributed by atoms with E-state index in [0.29, 0.717) is 23.1 Å². The van der Waals surface area contributed by atoms with Crippen LogP contribution in [-0.2, 0) is 0 Å². The predicted molar refractivity (Wildman–Crippen MR) is 103 cm³/mol. The number of rotatable bonds is 4. The van der Waals surface area contributed by atoms with Crippen LogP contribution in [0, 0.1) is 13.8 Å². The second-order valence-corrected chi connectivity index (χ2v) is 6.36. The maximum absolute atomic E-state index is 12.5. The first kappa shape index (κ1) is 18.1. The van der Waals surface area contributed by atoms with Gasteiger partial charge in [-0.2, -0.15) is 0 Å². The van der Waals surface area contributed by atoms with Gasteiger partial charge in [0.2, 0.25) is 0 Å². The third-order valence-electron chi connectivity index (χ3n) is 3.43. The SMILES string of the molecule is Cc1cc(Nc2cc(NC(=O)c3c(Cl)cccc3Cl)ccn2)nc(C)n1. The molecular weight excluding hydrogens is 373 g/mol. The molecule has 0 spiro atoms. The summed E-state index contributed by atoms with van der Waals surface area (Å²) in [5.41, 5.74) is 1.62. The number of amides is 1. The van der Waals surface area contributed by atoms with Gasteiger partial charge in [-0.1, -0.05) is 29.3 Å². The van der Waals surface area contributed by atoms with Crippen LogP contribution in [0.15, 0.2) is 42.6 Å². The van der Waals surface area contributed by atoms with Crippen molar-refractivity contribution in [3.8, 4) is 0 Å². The van der Waals surface area contributed by atoms with E-state index < -0.39 is 5.91 Å². The molecule has 6 nitrogen and oxygen atoms in total. The summed E-state index contributed by atoms with van der Waals surface area (Å²) in [6.07, 6.45) is 1.58. The van der Waals surface area contributed by atoms with Gasteiger partial charge in [-0.25, -0.2) is 15.0 Å². The molecule has 0 atom stereocenters. The van der Waals surface area contributed by atoms with Crippen LogP contribution in [0.2, 0.25) is 10.0 Å². The summed E-state index contributed by atoms with van der Waals surface area (Å²) in [5, 5.41) is 6.44. The fourth-order valence-electron chi connectivity index (χ4n) is 2.40.